The number of unbranched alkanes of at least 4 members (excludes halogenated alkanes) is 1. The Hall–Kier alpha value is -1.81. The van der Waals surface area contributed by atoms with Crippen LogP contribution in [0.2, 0.25) is 0 Å². The van der Waals surface area contributed by atoms with E-state index in [2.05, 4.69) is 27.5 Å². The van der Waals surface area contributed by atoms with Gasteiger partial charge in [-0.15, -0.1) is 5.10 Å². The first-order valence-electron chi connectivity index (χ1n) is 8.65. The molecule has 140 valence electrons. The predicted molar refractivity (Wildman–Crippen MR) is 93.6 cm³/mol. The third-order valence-corrected chi connectivity index (χ3v) is 6.54. The van der Waals surface area contributed by atoms with E-state index in [-0.39, 0.29) is 4.90 Å². The van der Waals surface area contributed by atoms with Crippen molar-refractivity contribution in [2.45, 2.75) is 65.4 Å². The highest BCUT2D eigenvalue weighted by Gasteiger charge is 2.29. The monoisotopic (exact) mass is 369 g/mol. The van der Waals surface area contributed by atoms with E-state index < -0.39 is 10.0 Å². The number of hydrogen-bond donors (Lipinski definition) is 0. The number of aryl methyl sites for hydroxylation is 2. The quantitative estimate of drug-likeness (QED) is 0.662. The van der Waals surface area contributed by atoms with E-state index in [1.54, 1.807) is 23.2 Å². The van der Waals surface area contributed by atoms with Crippen LogP contribution in [0.4, 0.5) is 0 Å². The molecule has 0 N–H and O–H groups in total. The van der Waals surface area contributed by atoms with Crippen molar-refractivity contribution in [1.29, 1.82) is 0 Å². The topological polar surface area (TPSA) is 98.8 Å². The van der Waals surface area contributed by atoms with Gasteiger partial charge in [0.25, 0.3) is 0 Å². The molecule has 0 aromatic carbocycles. The Labute approximate surface area is 149 Å². The molecule has 2 aromatic rings. The van der Waals surface area contributed by atoms with Crippen molar-refractivity contribution in [3.05, 3.63) is 17.2 Å². The zero-order chi connectivity index (χ0) is 18.6. The van der Waals surface area contributed by atoms with E-state index in [1.165, 1.54) is 4.31 Å². The molecule has 0 spiro atoms. The van der Waals surface area contributed by atoms with Gasteiger partial charge >= 0.3 is 0 Å². The third-order valence-electron chi connectivity index (χ3n) is 4.24. The van der Waals surface area contributed by atoms with Crippen LogP contribution in [-0.4, -0.2) is 55.8 Å². The maximum atomic E-state index is 12.9. The lowest BCUT2D eigenvalue weighted by Gasteiger charge is -2.18. The van der Waals surface area contributed by atoms with E-state index in [0.717, 1.165) is 19.4 Å². The summed E-state index contributed by atoms with van der Waals surface area (Å²) in [5.74, 6) is 0.672. The smallest absolute Gasteiger partial charge is 0.246 e. The van der Waals surface area contributed by atoms with Gasteiger partial charge in [0, 0.05) is 19.6 Å². The fraction of sp³-hybridized carbons (Fsp3) is 0.733. The number of rotatable bonds is 9. The molecule has 0 aliphatic rings. The fourth-order valence-electron chi connectivity index (χ4n) is 2.85. The Balaban J connectivity index is 2.36. The molecule has 2 aromatic heterocycles. The van der Waals surface area contributed by atoms with Crippen molar-refractivity contribution in [1.82, 2.24) is 34.3 Å². The maximum absolute atomic E-state index is 12.9. The lowest BCUT2D eigenvalue weighted by molar-refractivity contribution is 0.444. The van der Waals surface area contributed by atoms with Gasteiger partial charge in [0.05, 0.1) is 11.4 Å². The summed E-state index contributed by atoms with van der Waals surface area (Å²) in [5.41, 5.74) is 1.10. The maximum Gasteiger partial charge on any atom is 0.246 e. The van der Waals surface area contributed by atoms with Crippen LogP contribution in [0.1, 0.15) is 50.8 Å². The summed E-state index contributed by atoms with van der Waals surface area (Å²) >= 11 is 0. The van der Waals surface area contributed by atoms with E-state index in [0.29, 0.717) is 36.8 Å². The lowest BCUT2D eigenvalue weighted by Crippen LogP contribution is -2.31. The lowest BCUT2D eigenvalue weighted by atomic mass is 10.3. The molecule has 0 aliphatic carbocycles. The molecular formula is C15H27N7O2S. The Morgan fingerprint density at radius 3 is 2.36 bits per heavy atom. The largest absolute Gasteiger partial charge is 0.260 e. The molecule has 0 amide bonds. The Bertz CT molecular complexity index is 806. The first-order chi connectivity index (χ1) is 11.9. The number of aromatic nitrogens is 6. The molecule has 0 unspecified atom stereocenters. The number of hydrogen-bond acceptors (Lipinski definition) is 6. The summed E-state index contributed by atoms with van der Waals surface area (Å²) in [6.07, 6.45) is 2.03. The van der Waals surface area contributed by atoms with Gasteiger partial charge in [-0.2, -0.15) is 9.40 Å². The second-order valence-electron chi connectivity index (χ2n) is 5.92. The van der Waals surface area contributed by atoms with Crippen LogP contribution < -0.4 is 0 Å². The van der Waals surface area contributed by atoms with Crippen molar-refractivity contribution in [2.75, 3.05) is 13.1 Å². The SMILES string of the molecule is CCCCn1nnnc1Cn1nc(C)c(S(=O)(=O)N(CC)CC)c1C. The van der Waals surface area contributed by atoms with Gasteiger partial charge in [-0.1, -0.05) is 27.2 Å². The molecule has 0 radical (unpaired) electrons. The summed E-state index contributed by atoms with van der Waals surface area (Å²) in [6.45, 7) is 11.2. The molecule has 9 nitrogen and oxygen atoms in total. The Morgan fingerprint density at radius 1 is 1.08 bits per heavy atom. The van der Waals surface area contributed by atoms with Crippen LogP contribution in [0.5, 0.6) is 0 Å². The van der Waals surface area contributed by atoms with Crippen molar-refractivity contribution in [3.63, 3.8) is 0 Å². The van der Waals surface area contributed by atoms with Gasteiger partial charge < -0.3 is 0 Å². The summed E-state index contributed by atoms with van der Waals surface area (Å²) < 4.78 is 30.6. The highest BCUT2D eigenvalue weighted by Crippen LogP contribution is 2.23. The molecule has 0 saturated carbocycles. The molecule has 10 heteroatoms. The first-order valence-corrected chi connectivity index (χ1v) is 10.1. The Kier molecular flexibility index (Phi) is 6.28. The van der Waals surface area contributed by atoms with Crippen LogP contribution in [0.15, 0.2) is 4.90 Å². The van der Waals surface area contributed by atoms with Crippen molar-refractivity contribution >= 4 is 10.0 Å². The van der Waals surface area contributed by atoms with Crippen LogP contribution in [0.25, 0.3) is 0 Å². The van der Waals surface area contributed by atoms with Crippen molar-refractivity contribution in [2.24, 2.45) is 0 Å². The van der Waals surface area contributed by atoms with Gasteiger partial charge in [-0.05, 0) is 30.7 Å². The fourth-order valence-corrected chi connectivity index (χ4v) is 4.68. The summed E-state index contributed by atoms with van der Waals surface area (Å²) in [5, 5.41) is 16.2. The molecule has 0 saturated heterocycles. The second-order valence-corrected chi connectivity index (χ2v) is 7.79. The summed E-state index contributed by atoms with van der Waals surface area (Å²) in [4.78, 5) is 0.281. The minimum atomic E-state index is -3.55. The second kappa shape index (κ2) is 8.05. The van der Waals surface area contributed by atoms with Gasteiger partial charge in [-0.3, -0.25) is 4.68 Å². The molecule has 0 bridgehead atoms. The van der Waals surface area contributed by atoms with Crippen LogP contribution in [-0.2, 0) is 23.1 Å². The average molecular weight is 369 g/mol. The highest BCUT2D eigenvalue weighted by molar-refractivity contribution is 7.89. The minimum Gasteiger partial charge on any atom is -0.260 e. The van der Waals surface area contributed by atoms with Crippen molar-refractivity contribution in [3.8, 4) is 0 Å². The normalized spacial score (nSPS) is 12.2. The summed E-state index contributed by atoms with van der Waals surface area (Å²) in [7, 11) is -3.55. The predicted octanol–water partition coefficient (Wildman–Crippen LogP) is 1.37. The molecule has 2 heterocycles. The third kappa shape index (κ3) is 3.90. The van der Waals surface area contributed by atoms with Crippen LogP contribution >= 0.6 is 0 Å². The highest BCUT2D eigenvalue weighted by atomic mass is 32.2. The Morgan fingerprint density at radius 2 is 1.76 bits per heavy atom. The van der Waals surface area contributed by atoms with Gasteiger partial charge in [0.15, 0.2) is 5.82 Å². The minimum absolute atomic E-state index is 0.281. The molecular weight excluding hydrogens is 342 g/mol. The number of nitrogens with zero attached hydrogens (tertiary/aromatic N) is 7. The number of sulfonamides is 1. The van der Waals surface area contributed by atoms with Gasteiger partial charge in [0.1, 0.15) is 11.4 Å². The van der Waals surface area contributed by atoms with Crippen LogP contribution in [0.3, 0.4) is 0 Å². The molecule has 2 rings (SSSR count). The number of tetrazole rings is 1. The van der Waals surface area contributed by atoms with Crippen LogP contribution in [0, 0.1) is 13.8 Å². The molecule has 0 fully saturated rings. The van der Waals surface area contributed by atoms with Crippen molar-refractivity contribution < 1.29 is 8.42 Å². The molecule has 0 aliphatic heterocycles. The average Bonchev–Trinajstić information content (AvgIpc) is 3.11. The standard InChI is InChI=1S/C15H27N7O2S/c1-6-9-10-21-14(16-18-19-21)11-22-13(5)15(12(4)17-22)25(23,24)20(7-2)8-3/h6-11H2,1-5H3. The zero-order valence-electron chi connectivity index (χ0n) is 15.6. The van der Waals surface area contributed by atoms with Gasteiger partial charge in [-0.25, -0.2) is 13.1 Å². The van der Waals surface area contributed by atoms with E-state index in [9.17, 15) is 8.42 Å². The van der Waals surface area contributed by atoms with Gasteiger partial charge in [0.2, 0.25) is 10.0 Å². The first kappa shape index (κ1) is 19.5. The summed E-state index contributed by atoms with van der Waals surface area (Å²) in [6, 6.07) is 0. The van der Waals surface area contributed by atoms with E-state index in [4.69, 9.17) is 0 Å². The molecule has 0 atom stereocenters. The van der Waals surface area contributed by atoms with E-state index >= 15 is 0 Å². The molecule has 25 heavy (non-hydrogen) atoms. The van der Waals surface area contributed by atoms with E-state index in [1.807, 2.05) is 13.8 Å². The zero-order valence-corrected chi connectivity index (χ0v) is 16.4.